The standard InChI is InChI=1S/C16H20ClN3/c1-9(2)20-15-7-10(17)3-5-14(15)19-16(20)12-8-11-4-6-13(12)18-11/h3,5,7,9,11-13,18H,4,6,8H2,1-2H3. The number of halogens is 1. The maximum atomic E-state index is 6.17. The predicted octanol–water partition coefficient (Wildman–Crippen LogP) is 3.88. The van der Waals surface area contributed by atoms with Crippen molar-refractivity contribution < 1.29 is 0 Å². The van der Waals surface area contributed by atoms with Gasteiger partial charge in [0.1, 0.15) is 5.82 Å². The summed E-state index contributed by atoms with van der Waals surface area (Å²) in [7, 11) is 0. The van der Waals surface area contributed by atoms with Gasteiger partial charge in [-0.2, -0.15) is 0 Å². The quantitative estimate of drug-likeness (QED) is 0.909. The normalized spacial score (nSPS) is 28.9. The highest BCUT2D eigenvalue weighted by molar-refractivity contribution is 6.31. The minimum absolute atomic E-state index is 0.410. The third-order valence-electron chi connectivity index (χ3n) is 4.83. The number of imidazole rings is 1. The first kappa shape index (κ1) is 12.7. The molecule has 3 unspecified atom stereocenters. The van der Waals surface area contributed by atoms with Gasteiger partial charge in [-0.05, 0) is 51.3 Å². The lowest BCUT2D eigenvalue weighted by molar-refractivity contribution is 0.455. The third-order valence-corrected chi connectivity index (χ3v) is 5.06. The van der Waals surface area contributed by atoms with Crippen LogP contribution in [0.5, 0.6) is 0 Å². The molecule has 4 heteroatoms. The van der Waals surface area contributed by atoms with Gasteiger partial charge in [0.2, 0.25) is 0 Å². The van der Waals surface area contributed by atoms with E-state index in [1.165, 1.54) is 30.6 Å². The lowest BCUT2D eigenvalue weighted by atomic mass is 9.88. The molecule has 3 nitrogen and oxygen atoms in total. The van der Waals surface area contributed by atoms with Gasteiger partial charge in [-0.15, -0.1) is 0 Å². The number of rotatable bonds is 2. The molecule has 1 N–H and O–H groups in total. The molecule has 2 saturated heterocycles. The van der Waals surface area contributed by atoms with Gasteiger partial charge in [0.25, 0.3) is 0 Å². The smallest absolute Gasteiger partial charge is 0.114 e. The topological polar surface area (TPSA) is 29.9 Å². The monoisotopic (exact) mass is 289 g/mol. The number of hydrogen-bond acceptors (Lipinski definition) is 2. The van der Waals surface area contributed by atoms with Crippen molar-refractivity contribution >= 4 is 22.6 Å². The second-order valence-electron chi connectivity index (χ2n) is 6.46. The van der Waals surface area contributed by atoms with Crippen LogP contribution in [-0.2, 0) is 0 Å². The van der Waals surface area contributed by atoms with Crippen molar-refractivity contribution in [2.24, 2.45) is 0 Å². The minimum atomic E-state index is 0.410. The molecule has 1 aromatic carbocycles. The van der Waals surface area contributed by atoms with Gasteiger partial charge in [0, 0.05) is 29.1 Å². The summed E-state index contributed by atoms with van der Waals surface area (Å²) in [5, 5.41) is 4.51. The van der Waals surface area contributed by atoms with Crippen LogP contribution in [0.4, 0.5) is 0 Å². The summed E-state index contributed by atoms with van der Waals surface area (Å²) in [5.41, 5.74) is 2.24. The average Bonchev–Trinajstić information content (AvgIpc) is 3.10. The molecule has 0 aliphatic carbocycles. The van der Waals surface area contributed by atoms with Crippen molar-refractivity contribution in [3.63, 3.8) is 0 Å². The Morgan fingerprint density at radius 1 is 1.35 bits per heavy atom. The van der Waals surface area contributed by atoms with Gasteiger partial charge in [-0.1, -0.05) is 11.6 Å². The highest BCUT2D eigenvalue weighted by Gasteiger charge is 2.42. The SMILES string of the molecule is CC(C)n1c(C2CC3CCC2N3)nc2ccc(Cl)cc21. The predicted molar refractivity (Wildman–Crippen MR) is 82.4 cm³/mol. The molecule has 0 amide bonds. The molecule has 2 fully saturated rings. The third kappa shape index (κ3) is 1.80. The Bertz CT molecular complexity index is 661. The highest BCUT2D eigenvalue weighted by atomic mass is 35.5. The van der Waals surface area contributed by atoms with Crippen LogP contribution in [0.3, 0.4) is 0 Å². The van der Waals surface area contributed by atoms with Crippen LogP contribution in [0, 0.1) is 0 Å². The van der Waals surface area contributed by atoms with E-state index in [0.29, 0.717) is 24.0 Å². The molecule has 2 bridgehead atoms. The number of benzene rings is 1. The van der Waals surface area contributed by atoms with Crippen molar-refractivity contribution in [3.05, 3.63) is 29.0 Å². The van der Waals surface area contributed by atoms with E-state index in [9.17, 15) is 0 Å². The fourth-order valence-corrected chi connectivity index (χ4v) is 4.16. The molecule has 4 rings (SSSR count). The lowest BCUT2D eigenvalue weighted by Gasteiger charge is -2.23. The number of aromatic nitrogens is 2. The fourth-order valence-electron chi connectivity index (χ4n) is 4.00. The van der Waals surface area contributed by atoms with Crippen LogP contribution in [0.25, 0.3) is 11.0 Å². The molecular formula is C16H20ClN3. The van der Waals surface area contributed by atoms with Crippen molar-refractivity contribution in [3.8, 4) is 0 Å². The molecule has 3 heterocycles. The summed E-state index contributed by atoms with van der Waals surface area (Å²) < 4.78 is 2.38. The van der Waals surface area contributed by atoms with E-state index in [1.807, 2.05) is 18.2 Å². The molecule has 106 valence electrons. The van der Waals surface area contributed by atoms with E-state index in [-0.39, 0.29) is 0 Å². The molecule has 2 aliphatic heterocycles. The molecule has 2 aromatic rings. The zero-order chi connectivity index (χ0) is 13.9. The first-order chi connectivity index (χ1) is 9.63. The van der Waals surface area contributed by atoms with Crippen LogP contribution < -0.4 is 5.32 Å². The van der Waals surface area contributed by atoms with E-state index in [2.05, 4.69) is 23.7 Å². The first-order valence-corrected chi connectivity index (χ1v) is 7.94. The molecule has 0 radical (unpaired) electrons. The van der Waals surface area contributed by atoms with Crippen LogP contribution in [0.1, 0.15) is 50.9 Å². The van der Waals surface area contributed by atoms with Crippen LogP contribution in [0.15, 0.2) is 18.2 Å². The summed E-state index contributed by atoms with van der Waals surface area (Å²) in [4.78, 5) is 4.94. The van der Waals surface area contributed by atoms with Crippen molar-refractivity contribution in [2.75, 3.05) is 0 Å². The fraction of sp³-hybridized carbons (Fsp3) is 0.562. The Balaban J connectivity index is 1.88. The number of hydrogen-bond donors (Lipinski definition) is 1. The second-order valence-corrected chi connectivity index (χ2v) is 6.89. The molecule has 0 spiro atoms. The lowest BCUT2D eigenvalue weighted by Crippen LogP contribution is -2.24. The van der Waals surface area contributed by atoms with Gasteiger partial charge in [0.15, 0.2) is 0 Å². The van der Waals surface area contributed by atoms with E-state index in [1.54, 1.807) is 0 Å². The number of fused-ring (bicyclic) bond motifs is 3. The Morgan fingerprint density at radius 3 is 2.85 bits per heavy atom. The molecule has 1 aromatic heterocycles. The Morgan fingerprint density at radius 2 is 2.20 bits per heavy atom. The van der Waals surface area contributed by atoms with E-state index >= 15 is 0 Å². The summed E-state index contributed by atoms with van der Waals surface area (Å²) in [6.45, 7) is 4.46. The second kappa shape index (κ2) is 4.47. The Kier molecular flexibility index (Phi) is 2.83. The first-order valence-electron chi connectivity index (χ1n) is 7.57. The van der Waals surface area contributed by atoms with Crippen molar-refractivity contribution in [1.29, 1.82) is 0 Å². The van der Waals surface area contributed by atoms with Gasteiger partial charge >= 0.3 is 0 Å². The van der Waals surface area contributed by atoms with Gasteiger partial charge in [-0.25, -0.2) is 4.98 Å². The van der Waals surface area contributed by atoms with E-state index < -0.39 is 0 Å². The van der Waals surface area contributed by atoms with Gasteiger partial charge in [-0.3, -0.25) is 0 Å². The molecule has 2 aliphatic rings. The van der Waals surface area contributed by atoms with Gasteiger partial charge < -0.3 is 9.88 Å². The van der Waals surface area contributed by atoms with Crippen molar-refractivity contribution in [2.45, 2.75) is 57.2 Å². The van der Waals surface area contributed by atoms with Crippen molar-refractivity contribution in [1.82, 2.24) is 14.9 Å². The maximum absolute atomic E-state index is 6.17. The largest absolute Gasteiger partial charge is 0.325 e. The summed E-state index contributed by atoms with van der Waals surface area (Å²) >= 11 is 6.17. The zero-order valence-electron chi connectivity index (χ0n) is 11.9. The average molecular weight is 290 g/mol. The van der Waals surface area contributed by atoms with E-state index in [4.69, 9.17) is 16.6 Å². The molecule has 0 saturated carbocycles. The number of nitrogens with one attached hydrogen (secondary N) is 1. The Hall–Kier alpha value is -1.06. The van der Waals surface area contributed by atoms with Gasteiger partial charge in [0.05, 0.1) is 11.0 Å². The maximum Gasteiger partial charge on any atom is 0.114 e. The highest BCUT2D eigenvalue weighted by Crippen LogP contribution is 2.41. The van der Waals surface area contributed by atoms with Crippen LogP contribution in [-0.4, -0.2) is 21.6 Å². The molecule has 3 atom stereocenters. The molecular weight excluding hydrogens is 270 g/mol. The zero-order valence-corrected chi connectivity index (χ0v) is 12.7. The van der Waals surface area contributed by atoms with Crippen LogP contribution in [0.2, 0.25) is 5.02 Å². The summed E-state index contributed by atoms with van der Waals surface area (Å²) in [6, 6.07) is 7.76. The minimum Gasteiger partial charge on any atom is -0.325 e. The summed E-state index contributed by atoms with van der Waals surface area (Å²) in [5.74, 6) is 1.80. The van der Waals surface area contributed by atoms with Crippen LogP contribution >= 0.6 is 11.6 Å². The van der Waals surface area contributed by atoms with E-state index in [0.717, 1.165) is 10.5 Å². The number of nitrogens with zero attached hydrogens (tertiary/aromatic N) is 2. The Labute approximate surface area is 124 Å². The summed E-state index contributed by atoms with van der Waals surface area (Å²) in [6.07, 6.45) is 3.85. The molecule has 20 heavy (non-hydrogen) atoms.